The Kier molecular flexibility index (Phi) is 4.14. The minimum Gasteiger partial charge on any atom is -0.497 e. The maximum atomic E-state index is 13.5. The summed E-state index contributed by atoms with van der Waals surface area (Å²) in [7, 11) is 1.62. The Balaban J connectivity index is 1.98. The molecule has 3 aromatic carbocycles. The molecule has 0 saturated carbocycles. The van der Waals surface area contributed by atoms with Gasteiger partial charge in [-0.05, 0) is 41.8 Å². The Hall–Kier alpha value is -3.50. The maximum Gasteiger partial charge on any atom is 0.337 e. The summed E-state index contributed by atoms with van der Waals surface area (Å²) in [5.74, 6) is 0.732. The van der Waals surface area contributed by atoms with E-state index in [2.05, 4.69) is 0 Å². The van der Waals surface area contributed by atoms with Gasteiger partial charge in [0.25, 0.3) is 0 Å². The lowest BCUT2D eigenvalue weighted by molar-refractivity contribution is 0.414. The molecule has 0 aliphatic carbocycles. The molecular weight excluding hydrogens is 384 g/mol. The Bertz CT molecular complexity index is 1420. The fourth-order valence-electron chi connectivity index (χ4n) is 3.80. The molecule has 0 aliphatic heterocycles. The molecule has 0 bridgehead atoms. The van der Waals surface area contributed by atoms with Crippen LogP contribution < -0.4 is 10.4 Å². The number of pyridine rings is 1. The van der Waals surface area contributed by atoms with Gasteiger partial charge in [-0.15, -0.1) is 0 Å². The third kappa shape index (κ3) is 2.72. The van der Waals surface area contributed by atoms with Gasteiger partial charge in [-0.2, -0.15) is 0 Å². The molecule has 0 unspecified atom stereocenters. The number of ether oxygens (including phenoxy) is 1. The van der Waals surface area contributed by atoms with E-state index in [0.717, 1.165) is 39.0 Å². The largest absolute Gasteiger partial charge is 0.497 e. The van der Waals surface area contributed by atoms with Crippen LogP contribution in [0, 0.1) is 0 Å². The van der Waals surface area contributed by atoms with Crippen LogP contribution in [0.2, 0.25) is 5.02 Å². The predicted molar refractivity (Wildman–Crippen MR) is 117 cm³/mol. The second-order valence-corrected chi connectivity index (χ2v) is 7.17. The molecule has 5 aromatic rings. The minimum atomic E-state index is -0.147. The van der Waals surface area contributed by atoms with E-state index in [0.29, 0.717) is 5.02 Å². The minimum absolute atomic E-state index is 0.147. The second-order valence-electron chi connectivity index (χ2n) is 6.77. The lowest BCUT2D eigenvalue weighted by Crippen LogP contribution is -2.19. The fourth-order valence-corrected chi connectivity index (χ4v) is 4.02. The summed E-state index contributed by atoms with van der Waals surface area (Å²) in [6.45, 7) is 0. The number of methoxy groups -OCH3 is 1. The summed E-state index contributed by atoms with van der Waals surface area (Å²) in [4.78, 5) is 13.5. The highest BCUT2D eigenvalue weighted by molar-refractivity contribution is 6.33. The number of aromatic nitrogens is 2. The van der Waals surface area contributed by atoms with Crippen LogP contribution in [0.3, 0.4) is 0 Å². The number of hydrogen-bond donors (Lipinski definition) is 0. The molecule has 0 saturated heterocycles. The van der Waals surface area contributed by atoms with E-state index in [-0.39, 0.29) is 5.69 Å². The summed E-state index contributed by atoms with van der Waals surface area (Å²) >= 11 is 6.58. The third-order valence-corrected chi connectivity index (χ3v) is 5.49. The second kappa shape index (κ2) is 6.83. The number of fused-ring (bicyclic) bond motifs is 3. The molecule has 5 heteroatoms. The normalized spacial score (nSPS) is 11.2. The zero-order valence-corrected chi connectivity index (χ0v) is 16.4. The van der Waals surface area contributed by atoms with Crippen molar-refractivity contribution in [3.05, 3.63) is 101 Å². The Morgan fingerprint density at radius 3 is 2.34 bits per heavy atom. The van der Waals surface area contributed by atoms with Gasteiger partial charge < -0.3 is 4.74 Å². The Labute approximate surface area is 172 Å². The van der Waals surface area contributed by atoms with E-state index in [4.69, 9.17) is 16.3 Å². The highest BCUT2D eigenvalue weighted by Crippen LogP contribution is 2.35. The average Bonchev–Trinajstić information content (AvgIpc) is 3.07. The summed E-state index contributed by atoms with van der Waals surface area (Å²) in [5.41, 5.74) is 3.00. The van der Waals surface area contributed by atoms with Crippen LogP contribution in [0.4, 0.5) is 0 Å². The van der Waals surface area contributed by atoms with Gasteiger partial charge in [0.05, 0.1) is 24.0 Å². The van der Waals surface area contributed by atoms with Crippen molar-refractivity contribution in [1.29, 1.82) is 0 Å². The van der Waals surface area contributed by atoms with Crippen LogP contribution >= 0.6 is 11.6 Å². The summed E-state index contributed by atoms with van der Waals surface area (Å²) in [5, 5.41) is 2.65. The highest BCUT2D eigenvalue weighted by atomic mass is 35.5. The van der Waals surface area contributed by atoms with E-state index in [9.17, 15) is 4.79 Å². The standard InChI is InChI=1S/C24H17ClN2O2/c1-29-18-12-10-17(11-13-18)27-23(20-8-4-5-9-21(20)25)22-19-7-3-2-6-16(19)14-15-26(22)24(27)28/h2-15H,1H3. The van der Waals surface area contributed by atoms with Crippen LogP contribution in [-0.2, 0) is 0 Å². The first-order chi connectivity index (χ1) is 14.2. The molecule has 142 valence electrons. The van der Waals surface area contributed by atoms with E-state index in [1.165, 1.54) is 0 Å². The van der Waals surface area contributed by atoms with Crippen molar-refractivity contribution in [2.45, 2.75) is 0 Å². The molecule has 5 rings (SSSR count). The molecule has 0 N–H and O–H groups in total. The third-order valence-electron chi connectivity index (χ3n) is 5.16. The number of benzene rings is 3. The lowest BCUT2D eigenvalue weighted by atomic mass is 10.1. The fraction of sp³-hybridized carbons (Fsp3) is 0.0417. The van der Waals surface area contributed by atoms with Gasteiger partial charge in [-0.3, -0.25) is 8.97 Å². The monoisotopic (exact) mass is 400 g/mol. The molecule has 4 nitrogen and oxygen atoms in total. The van der Waals surface area contributed by atoms with Crippen molar-refractivity contribution in [3.63, 3.8) is 0 Å². The van der Waals surface area contributed by atoms with Crippen LogP contribution in [0.25, 0.3) is 33.2 Å². The van der Waals surface area contributed by atoms with Gasteiger partial charge >= 0.3 is 5.69 Å². The first kappa shape index (κ1) is 17.6. The molecule has 2 heterocycles. The number of imidazole rings is 1. The number of nitrogens with zero attached hydrogens (tertiary/aromatic N) is 2. The molecule has 0 aliphatic rings. The lowest BCUT2D eigenvalue weighted by Gasteiger charge is -2.11. The van der Waals surface area contributed by atoms with Crippen LogP contribution in [0.5, 0.6) is 5.75 Å². The van der Waals surface area contributed by atoms with Crippen molar-refractivity contribution in [1.82, 2.24) is 8.97 Å². The molecule has 0 fully saturated rings. The topological polar surface area (TPSA) is 35.6 Å². The first-order valence-electron chi connectivity index (χ1n) is 9.23. The van der Waals surface area contributed by atoms with Gasteiger partial charge in [0.2, 0.25) is 0 Å². The van der Waals surface area contributed by atoms with Crippen molar-refractivity contribution in [3.8, 4) is 22.7 Å². The Morgan fingerprint density at radius 2 is 1.59 bits per heavy atom. The number of hydrogen-bond acceptors (Lipinski definition) is 2. The SMILES string of the molecule is COc1ccc(-n2c(-c3ccccc3Cl)c3c4ccccc4ccn3c2=O)cc1. The average molecular weight is 401 g/mol. The van der Waals surface area contributed by atoms with Gasteiger partial charge in [0, 0.05) is 22.2 Å². The molecule has 2 aromatic heterocycles. The zero-order chi connectivity index (χ0) is 20.0. The molecule has 0 spiro atoms. The quantitative estimate of drug-likeness (QED) is 0.396. The summed E-state index contributed by atoms with van der Waals surface area (Å²) in [6.07, 6.45) is 1.82. The maximum absolute atomic E-state index is 13.5. The molecule has 0 atom stereocenters. The van der Waals surface area contributed by atoms with E-state index < -0.39 is 0 Å². The van der Waals surface area contributed by atoms with E-state index >= 15 is 0 Å². The van der Waals surface area contributed by atoms with Crippen molar-refractivity contribution < 1.29 is 4.74 Å². The van der Waals surface area contributed by atoms with Crippen molar-refractivity contribution in [2.24, 2.45) is 0 Å². The van der Waals surface area contributed by atoms with Crippen LogP contribution in [-0.4, -0.2) is 16.1 Å². The molecule has 29 heavy (non-hydrogen) atoms. The van der Waals surface area contributed by atoms with E-state index in [1.54, 1.807) is 16.1 Å². The smallest absolute Gasteiger partial charge is 0.337 e. The van der Waals surface area contributed by atoms with Crippen molar-refractivity contribution >= 4 is 27.9 Å². The molecular formula is C24H17ClN2O2. The van der Waals surface area contributed by atoms with E-state index in [1.807, 2.05) is 85.1 Å². The first-order valence-corrected chi connectivity index (χ1v) is 9.61. The molecule has 0 amide bonds. The van der Waals surface area contributed by atoms with Gasteiger partial charge in [-0.25, -0.2) is 4.79 Å². The zero-order valence-electron chi connectivity index (χ0n) is 15.7. The van der Waals surface area contributed by atoms with Crippen LogP contribution in [0.15, 0.2) is 89.9 Å². The van der Waals surface area contributed by atoms with Crippen molar-refractivity contribution in [2.75, 3.05) is 7.11 Å². The summed E-state index contributed by atoms with van der Waals surface area (Å²) < 4.78 is 8.67. The number of rotatable bonds is 3. The Morgan fingerprint density at radius 1 is 0.862 bits per heavy atom. The predicted octanol–water partition coefficient (Wildman–Crippen LogP) is 5.57. The highest BCUT2D eigenvalue weighted by Gasteiger charge is 2.21. The van der Waals surface area contributed by atoms with Crippen LogP contribution in [0.1, 0.15) is 0 Å². The number of halogens is 1. The van der Waals surface area contributed by atoms with Gasteiger partial charge in [0.15, 0.2) is 0 Å². The summed E-state index contributed by atoms with van der Waals surface area (Å²) in [6, 6.07) is 25.0. The van der Waals surface area contributed by atoms with Gasteiger partial charge in [-0.1, -0.05) is 54.1 Å². The van der Waals surface area contributed by atoms with Gasteiger partial charge in [0.1, 0.15) is 5.75 Å². The molecule has 0 radical (unpaired) electrons.